The zero-order valence-electron chi connectivity index (χ0n) is 18.0. The van der Waals surface area contributed by atoms with Crippen LogP contribution in [0.4, 0.5) is 10.6 Å². The third-order valence-corrected chi connectivity index (χ3v) is 4.33. The highest BCUT2D eigenvalue weighted by molar-refractivity contribution is 5.86. The topological polar surface area (TPSA) is 96.5 Å². The minimum absolute atomic E-state index is 0.134. The molecule has 2 rings (SSSR count). The molecule has 158 valence electrons. The number of ether oxygens (including phenoxy) is 1. The number of nitrogens with one attached hydrogen (secondary N) is 2. The number of amides is 2. The van der Waals surface area contributed by atoms with E-state index in [1.54, 1.807) is 13.2 Å². The Morgan fingerprint density at radius 1 is 1.38 bits per heavy atom. The molecule has 1 fully saturated rings. The van der Waals surface area contributed by atoms with Crippen molar-refractivity contribution in [2.75, 3.05) is 25.5 Å². The number of rotatable bonds is 5. The summed E-state index contributed by atoms with van der Waals surface area (Å²) in [6, 6.07) is -0.459. The summed E-state index contributed by atoms with van der Waals surface area (Å²) in [6.45, 7) is 8.34. The Morgan fingerprint density at radius 2 is 2.14 bits per heavy atom. The van der Waals surface area contributed by atoms with Gasteiger partial charge in [-0.2, -0.15) is 0 Å². The molecule has 2 N–H and O–H groups in total. The number of likely N-dealkylation sites (tertiary alicyclic amines) is 1. The summed E-state index contributed by atoms with van der Waals surface area (Å²) in [5.41, 5.74) is 0.177. The van der Waals surface area contributed by atoms with Gasteiger partial charge in [0.2, 0.25) is 5.91 Å². The lowest BCUT2D eigenvalue weighted by atomic mass is 10.2. The van der Waals surface area contributed by atoms with Gasteiger partial charge in [0.25, 0.3) is 0 Å². The maximum Gasteiger partial charge on any atom is 0.410 e. The van der Waals surface area contributed by atoms with Gasteiger partial charge in [0, 0.05) is 32.8 Å². The van der Waals surface area contributed by atoms with Crippen LogP contribution in [-0.2, 0) is 9.53 Å². The van der Waals surface area contributed by atoms with E-state index >= 15 is 0 Å². The predicted octanol–water partition coefficient (Wildman–Crippen LogP) is 2.47. The molecule has 0 saturated carbocycles. The van der Waals surface area contributed by atoms with E-state index in [9.17, 15) is 9.59 Å². The van der Waals surface area contributed by atoms with Gasteiger partial charge in [-0.15, -0.1) is 0 Å². The minimum Gasteiger partial charge on any atom is -0.444 e. The molecular formula is C21H31N5O3. The number of aryl methyl sites for hydroxylation is 1. The Labute approximate surface area is 172 Å². The molecule has 2 amide bonds. The molecule has 8 nitrogen and oxygen atoms in total. The van der Waals surface area contributed by atoms with E-state index < -0.39 is 17.7 Å². The van der Waals surface area contributed by atoms with Crippen molar-refractivity contribution in [2.24, 2.45) is 0 Å². The molecule has 2 heterocycles. The molecule has 0 unspecified atom stereocenters. The van der Waals surface area contributed by atoms with Crippen LogP contribution in [0.1, 0.15) is 57.8 Å². The number of anilines is 1. The van der Waals surface area contributed by atoms with Crippen LogP contribution in [0, 0.1) is 18.8 Å². The van der Waals surface area contributed by atoms with Crippen molar-refractivity contribution in [1.82, 2.24) is 20.2 Å². The Hall–Kier alpha value is -2.82. The van der Waals surface area contributed by atoms with Crippen LogP contribution >= 0.6 is 0 Å². The third kappa shape index (κ3) is 6.93. The van der Waals surface area contributed by atoms with Gasteiger partial charge in [0.05, 0.1) is 5.56 Å². The van der Waals surface area contributed by atoms with Gasteiger partial charge in [0.15, 0.2) is 0 Å². The third-order valence-electron chi connectivity index (χ3n) is 4.33. The maximum absolute atomic E-state index is 12.5. The summed E-state index contributed by atoms with van der Waals surface area (Å²) in [5, 5.41) is 5.92. The van der Waals surface area contributed by atoms with E-state index in [0.29, 0.717) is 37.6 Å². The van der Waals surface area contributed by atoms with Crippen molar-refractivity contribution in [2.45, 2.75) is 65.0 Å². The monoisotopic (exact) mass is 401 g/mol. The van der Waals surface area contributed by atoms with Crippen LogP contribution in [-0.4, -0.2) is 58.6 Å². The van der Waals surface area contributed by atoms with Crippen LogP contribution < -0.4 is 10.6 Å². The average molecular weight is 402 g/mol. The lowest BCUT2D eigenvalue weighted by Gasteiger charge is -2.28. The summed E-state index contributed by atoms with van der Waals surface area (Å²) >= 11 is 0. The number of aromatic nitrogens is 2. The van der Waals surface area contributed by atoms with Gasteiger partial charge in [-0.3, -0.25) is 9.69 Å². The summed E-state index contributed by atoms with van der Waals surface area (Å²) in [7, 11) is 1.80. The van der Waals surface area contributed by atoms with Crippen LogP contribution in [0.2, 0.25) is 0 Å². The molecule has 0 aromatic carbocycles. The van der Waals surface area contributed by atoms with Gasteiger partial charge in [0.1, 0.15) is 23.3 Å². The van der Waals surface area contributed by atoms with Gasteiger partial charge < -0.3 is 15.4 Å². The van der Waals surface area contributed by atoms with Gasteiger partial charge in [-0.25, -0.2) is 14.8 Å². The van der Waals surface area contributed by atoms with Crippen molar-refractivity contribution < 1.29 is 14.3 Å². The molecule has 1 aromatic rings. The Kier molecular flexibility index (Phi) is 7.82. The fraction of sp³-hybridized carbons (Fsp3) is 0.619. The maximum atomic E-state index is 12.5. The van der Waals surface area contributed by atoms with E-state index in [4.69, 9.17) is 4.74 Å². The summed E-state index contributed by atoms with van der Waals surface area (Å²) < 4.78 is 5.40. The van der Waals surface area contributed by atoms with Crippen molar-refractivity contribution >= 4 is 17.8 Å². The zero-order chi connectivity index (χ0) is 21.4. The van der Waals surface area contributed by atoms with Crippen LogP contribution in [0.15, 0.2) is 6.20 Å². The number of hydrogen-bond donors (Lipinski definition) is 2. The number of nitrogens with zero attached hydrogens (tertiary/aromatic N) is 3. The number of unbranched alkanes of at least 4 members (excludes halogenated alkanes) is 1. The molecule has 1 aliphatic rings. The summed E-state index contributed by atoms with van der Waals surface area (Å²) in [5.74, 6) is 7.41. The minimum atomic E-state index is -0.574. The first-order valence-electron chi connectivity index (χ1n) is 9.99. The molecule has 0 spiro atoms. The molecule has 29 heavy (non-hydrogen) atoms. The quantitative estimate of drug-likeness (QED) is 0.581. The SMILES string of the molecule is CNc1nc(C)ncc1C#CCCCNC(=O)[C@@H]1CCCN1C(=O)OC(C)(C)C. The van der Waals surface area contributed by atoms with Crippen molar-refractivity contribution in [3.63, 3.8) is 0 Å². The molecule has 0 aliphatic carbocycles. The number of carbonyl (C=O) groups excluding carboxylic acids is 2. The Morgan fingerprint density at radius 3 is 2.83 bits per heavy atom. The zero-order valence-corrected chi connectivity index (χ0v) is 18.0. The molecule has 0 radical (unpaired) electrons. The number of carbonyl (C=O) groups is 2. The highest BCUT2D eigenvalue weighted by Crippen LogP contribution is 2.21. The van der Waals surface area contributed by atoms with Crippen LogP contribution in [0.5, 0.6) is 0 Å². The fourth-order valence-corrected chi connectivity index (χ4v) is 2.99. The first kappa shape index (κ1) is 22.5. The van der Waals surface area contributed by atoms with Crippen LogP contribution in [0.25, 0.3) is 0 Å². The Bertz CT molecular complexity index is 792. The van der Waals surface area contributed by atoms with Gasteiger partial charge >= 0.3 is 6.09 Å². The van der Waals surface area contributed by atoms with E-state index in [1.807, 2.05) is 27.7 Å². The fourth-order valence-electron chi connectivity index (χ4n) is 2.99. The molecule has 8 heteroatoms. The first-order valence-corrected chi connectivity index (χ1v) is 9.99. The molecule has 0 bridgehead atoms. The van der Waals surface area contributed by atoms with E-state index in [-0.39, 0.29) is 5.91 Å². The molecule has 1 atom stereocenters. The second kappa shape index (κ2) is 10.1. The van der Waals surface area contributed by atoms with Crippen molar-refractivity contribution in [1.29, 1.82) is 0 Å². The van der Waals surface area contributed by atoms with Crippen molar-refractivity contribution in [3.05, 3.63) is 17.6 Å². The summed E-state index contributed by atoms with van der Waals surface area (Å²) in [4.78, 5) is 34.7. The second-order valence-electron chi connectivity index (χ2n) is 7.96. The average Bonchev–Trinajstić information content (AvgIpc) is 3.14. The molecular weight excluding hydrogens is 370 g/mol. The van der Waals surface area contributed by atoms with Crippen LogP contribution in [0.3, 0.4) is 0 Å². The summed E-state index contributed by atoms with van der Waals surface area (Å²) in [6.07, 6.45) is 4.09. The van der Waals surface area contributed by atoms with Gasteiger partial charge in [-0.05, 0) is 47.0 Å². The molecule has 1 aliphatic heterocycles. The second-order valence-corrected chi connectivity index (χ2v) is 7.96. The molecule has 1 aromatic heterocycles. The van der Waals surface area contributed by atoms with E-state index in [2.05, 4.69) is 32.4 Å². The highest BCUT2D eigenvalue weighted by Gasteiger charge is 2.36. The van der Waals surface area contributed by atoms with E-state index in [0.717, 1.165) is 18.4 Å². The predicted molar refractivity (Wildman–Crippen MR) is 111 cm³/mol. The van der Waals surface area contributed by atoms with Crippen molar-refractivity contribution in [3.8, 4) is 11.8 Å². The highest BCUT2D eigenvalue weighted by atomic mass is 16.6. The van der Waals surface area contributed by atoms with E-state index in [1.165, 1.54) is 4.90 Å². The standard InChI is InChI=1S/C21H31N5O3/c1-15-24-14-16(18(22-5)25-15)10-7-6-8-12-23-19(27)17-11-9-13-26(17)20(28)29-21(2,3)4/h14,17H,6,8-9,11-13H2,1-5H3,(H,23,27)(H,22,24,25)/t17-/m0/s1. The number of hydrogen-bond acceptors (Lipinski definition) is 6. The lowest BCUT2D eigenvalue weighted by molar-refractivity contribution is -0.125. The molecule has 1 saturated heterocycles. The Balaban J connectivity index is 1.78. The smallest absolute Gasteiger partial charge is 0.410 e. The van der Waals surface area contributed by atoms with Gasteiger partial charge in [-0.1, -0.05) is 11.8 Å². The largest absolute Gasteiger partial charge is 0.444 e. The normalized spacial score (nSPS) is 16.0. The lowest BCUT2D eigenvalue weighted by Crippen LogP contribution is -2.47. The first-order chi connectivity index (χ1) is 13.7.